The largest absolute Gasteiger partial charge is 0.362 e. The van der Waals surface area contributed by atoms with Crippen LogP contribution in [0.3, 0.4) is 0 Å². The summed E-state index contributed by atoms with van der Waals surface area (Å²) in [7, 11) is 0. The average Bonchev–Trinajstić information content (AvgIpc) is 2.35. The van der Waals surface area contributed by atoms with Gasteiger partial charge in [-0.1, -0.05) is 29.8 Å². The van der Waals surface area contributed by atoms with E-state index in [0.717, 1.165) is 0 Å². The molecular weight excluding hydrogens is 321 g/mol. The van der Waals surface area contributed by atoms with Crippen molar-refractivity contribution in [2.45, 2.75) is 13.0 Å². The lowest BCUT2D eigenvalue weighted by Crippen LogP contribution is -2.10. The number of benzene rings is 1. The molecule has 0 fully saturated rings. The van der Waals surface area contributed by atoms with E-state index in [1.807, 2.05) is 6.92 Å². The summed E-state index contributed by atoms with van der Waals surface area (Å²) < 4.78 is 14.2. The quantitative estimate of drug-likeness (QED) is 0.857. The molecule has 0 spiro atoms. The number of rotatable bonds is 3. The van der Waals surface area contributed by atoms with Gasteiger partial charge in [-0.3, -0.25) is 0 Å². The Balaban J connectivity index is 2.24. The third kappa shape index (κ3) is 2.79. The highest BCUT2D eigenvalue weighted by atomic mass is 79.9. The number of halogens is 3. The van der Waals surface area contributed by atoms with Crippen molar-refractivity contribution < 1.29 is 4.39 Å². The minimum absolute atomic E-state index is 0.228. The number of hydrogen-bond donors (Lipinski definition) is 1. The van der Waals surface area contributed by atoms with Gasteiger partial charge in [-0.05, 0) is 28.9 Å². The molecule has 0 aliphatic heterocycles. The topological polar surface area (TPSA) is 37.8 Å². The van der Waals surface area contributed by atoms with Gasteiger partial charge < -0.3 is 5.32 Å². The van der Waals surface area contributed by atoms with Crippen molar-refractivity contribution in [1.82, 2.24) is 9.97 Å². The Labute approximate surface area is 118 Å². The monoisotopic (exact) mass is 329 g/mol. The molecule has 3 nitrogen and oxygen atoms in total. The fraction of sp³-hybridized carbons (Fsp3) is 0.167. The fourth-order valence-corrected chi connectivity index (χ4v) is 2.01. The van der Waals surface area contributed by atoms with Crippen LogP contribution in [0, 0.1) is 5.82 Å². The molecule has 1 N–H and O–H groups in total. The van der Waals surface area contributed by atoms with E-state index < -0.39 is 0 Å². The second-order valence-corrected chi connectivity index (χ2v) is 4.87. The number of hydrogen-bond acceptors (Lipinski definition) is 3. The van der Waals surface area contributed by atoms with E-state index in [1.54, 1.807) is 18.2 Å². The normalized spacial score (nSPS) is 12.2. The number of aromatic nitrogens is 2. The Bertz CT molecular complexity index is 565. The molecule has 1 aromatic carbocycles. The summed E-state index contributed by atoms with van der Waals surface area (Å²) in [6.45, 7) is 1.85. The summed E-state index contributed by atoms with van der Waals surface area (Å²) in [6.07, 6.45) is 1.35. The molecule has 0 aliphatic rings. The third-order valence-electron chi connectivity index (χ3n) is 2.47. The summed E-state index contributed by atoms with van der Waals surface area (Å²) in [5.41, 5.74) is 0.569. The van der Waals surface area contributed by atoms with Crippen LogP contribution in [0.4, 0.5) is 10.2 Å². The average molecular weight is 331 g/mol. The minimum Gasteiger partial charge on any atom is -0.362 e. The van der Waals surface area contributed by atoms with Crippen LogP contribution in [-0.2, 0) is 0 Å². The van der Waals surface area contributed by atoms with Crippen LogP contribution in [0.1, 0.15) is 18.5 Å². The molecule has 1 heterocycles. The molecular formula is C12H10BrClFN3. The predicted molar refractivity (Wildman–Crippen MR) is 73.2 cm³/mol. The van der Waals surface area contributed by atoms with E-state index >= 15 is 0 Å². The lowest BCUT2D eigenvalue weighted by molar-refractivity contribution is 0.600. The summed E-state index contributed by atoms with van der Waals surface area (Å²) in [5.74, 6) is 0.277. The van der Waals surface area contributed by atoms with Crippen molar-refractivity contribution in [3.05, 3.63) is 51.6 Å². The highest BCUT2D eigenvalue weighted by molar-refractivity contribution is 9.10. The van der Waals surface area contributed by atoms with Gasteiger partial charge in [0.15, 0.2) is 0 Å². The molecule has 0 bridgehead atoms. The molecule has 0 radical (unpaired) electrons. The SMILES string of the molecule is CC(Nc1ncnc(Cl)c1Br)c1ccccc1F. The zero-order chi connectivity index (χ0) is 13.1. The standard InChI is InChI=1S/C12H10BrClFN3/c1-7(8-4-2-3-5-9(8)15)18-12-10(13)11(14)16-6-17-12/h2-7H,1H3,(H,16,17,18). The van der Waals surface area contributed by atoms with Crippen LogP contribution >= 0.6 is 27.5 Å². The van der Waals surface area contributed by atoms with Crippen LogP contribution in [0.15, 0.2) is 35.1 Å². The van der Waals surface area contributed by atoms with Crippen molar-refractivity contribution in [2.24, 2.45) is 0 Å². The molecule has 0 saturated carbocycles. The second-order valence-electron chi connectivity index (χ2n) is 3.71. The molecule has 0 amide bonds. The first-order chi connectivity index (χ1) is 8.59. The third-order valence-corrected chi connectivity index (χ3v) is 3.74. The first kappa shape index (κ1) is 13.2. The van der Waals surface area contributed by atoms with Crippen molar-refractivity contribution >= 4 is 33.3 Å². The Morgan fingerprint density at radius 1 is 1.33 bits per heavy atom. The van der Waals surface area contributed by atoms with Gasteiger partial charge in [0.25, 0.3) is 0 Å². The molecule has 0 saturated heterocycles. The fourth-order valence-electron chi connectivity index (χ4n) is 1.56. The number of anilines is 1. The number of nitrogens with one attached hydrogen (secondary N) is 1. The molecule has 2 rings (SSSR count). The van der Waals surface area contributed by atoms with Gasteiger partial charge in [0.2, 0.25) is 0 Å². The van der Waals surface area contributed by atoms with Crippen LogP contribution in [0.2, 0.25) is 5.15 Å². The summed E-state index contributed by atoms with van der Waals surface area (Å²) in [5, 5.41) is 3.40. The zero-order valence-electron chi connectivity index (χ0n) is 9.49. The maximum Gasteiger partial charge on any atom is 0.148 e. The van der Waals surface area contributed by atoms with Gasteiger partial charge in [-0.2, -0.15) is 0 Å². The smallest absolute Gasteiger partial charge is 0.148 e. The highest BCUT2D eigenvalue weighted by Gasteiger charge is 2.13. The summed E-state index contributed by atoms with van der Waals surface area (Å²) in [4.78, 5) is 7.89. The first-order valence-corrected chi connectivity index (χ1v) is 6.43. The number of nitrogens with zero attached hydrogens (tertiary/aromatic N) is 2. The van der Waals surface area contributed by atoms with Crippen molar-refractivity contribution in [3.63, 3.8) is 0 Å². The Kier molecular flexibility index (Phi) is 4.14. The van der Waals surface area contributed by atoms with E-state index in [1.165, 1.54) is 12.4 Å². The maximum atomic E-state index is 13.6. The summed E-state index contributed by atoms with van der Waals surface area (Å²) >= 11 is 9.15. The Hall–Kier alpha value is -1.20. The van der Waals surface area contributed by atoms with E-state index in [9.17, 15) is 4.39 Å². The molecule has 1 atom stereocenters. The van der Waals surface area contributed by atoms with Crippen molar-refractivity contribution in [3.8, 4) is 0 Å². The van der Waals surface area contributed by atoms with Crippen LogP contribution in [0.25, 0.3) is 0 Å². The van der Waals surface area contributed by atoms with Crippen LogP contribution in [-0.4, -0.2) is 9.97 Å². The van der Waals surface area contributed by atoms with Crippen molar-refractivity contribution in [1.29, 1.82) is 0 Å². The molecule has 1 unspecified atom stereocenters. The molecule has 94 valence electrons. The second kappa shape index (κ2) is 5.63. The molecule has 1 aromatic heterocycles. The lowest BCUT2D eigenvalue weighted by atomic mass is 10.1. The van der Waals surface area contributed by atoms with E-state index in [0.29, 0.717) is 21.0 Å². The molecule has 2 aromatic rings. The minimum atomic E-state index is -0.256. The van der Waals surface area contributed by atoms with E-state index in [-0.39, 0.29) is 11.9 Å². The van der Waals surface area contributed by atoms with E-state index in [2.05, 4.69) is 31.2 Å². The van der Waals surface area contributed by atoms with E-state index in [4.69, 9.17) is 11.6 Å². The zero-order valence-corrected chi connectivity index (χ0v) is 11.8. The molecule has 18 heavy (non-hydrogen) atoms. The van der Waals surface area contributed by atoms with Gasteiger partial charge in [0.05, 0.1) is 10.5 Å². The Morgan fingerprint density at radius 3 is 2.78 bits per heavy atom. The van der Waals surface area contributed by atoms with Gasteiger partial charge >= 0.3 is 0 Å². The highest BCUT2D eigenvalue weighted by Crippen LogP contribution is 2.29. The predicted octanol–water partition coefficient (Wildman–Crippen LogP) is 4.20. The van der Waals surface area contributed by atoms with Crippen LogP contribution in [0.5, 0.6) is 0 Å². The molecule has 6 heteroatoms. The van der Waals surface area contributed by atoms with Gasteiger partial charge in [-0.25, -0.2) is 14.4 Å². The molecule has 0 aliphatic carbocycles. The van der Waals surface area contributed by atoms with Gasteiger partial charge in [-0.15, -0.1) is 0 Å². The van der Waals surface area contributed by atoms with Gasteiger partial charge in [0, 0.05) is 5.56 Å². The summed E-state index contributed by atoms with van der Waals surface area (Å²) in [6, 6.07) is 6.37. The van der Waals surface area contributed by atoms with Crippen molar-refractivity contribution in [2.75, 3.05) is 5.32 Å². The lowest BCUT2D eigenvalue weighted by Gasteiger charge is -2.16. The first-order valence-electron chi connectivity index (χ1n) is 5.26. The van der Waals surface area contributed by atoms with Gasteiger partial charge in [0.1, 0.15) is 23.1 Å². The maximum absolute atomic E-state index is 13.6. The van der Waals surface area contributed by atoms with Crippen LogP contribution < -0.4 is 5.32 Å². The Morgan fingerprint density at radius 2 is 2.06 bits per heavy atom.